The van der Waals surface area contributed by atoms with Crippen LogP contribution >= 0.6 is 0 Å². The van der Waals surface area contributed by atoms with Crippen molar-refractivity contribution in [2.24, 2.45) is 0 Å². The van der Waals surface area contributed by atoms with Gasteiger partial charge in [-0.2, -0.15) is 4.31 Å². The third kappa shape index (κ3) is 4.01. The predicted octanol–water partition coefficient (Wildman–Crippen LogP) is 2.67. The van der Waals surface area contributed by atoms with E-state index in [1.807, 2.05) is 12.1 Å². The first-order valence-electron chi connectivity index (χ1n) is 9.85. The molecule has 0 spiro atoms. The van der Waals surface area contributed by atoms with Crippen LogP contribution in [0.5, 0.6) is 0 Å². The van der Waals surface area contributed by atoms with Crippen LogP contribution in [0.4, 0.5) is 5.69 Å². The third-order valence-corrected chi connectivity index (χ3v) is 7.24. The number of rotatable bonds is 5. The number of hydrogen-bond acceptors (Lipinski definition) is 4. The Labute approximate surface area is 174 Å². The van der Waals surface area contributed by atoms with Gasteiger partial charge in [-0.1, -0.05) is 12.1 Å². The Morgan fingerprint density at radius 1 is 1.10 bits per heavy atom. The van der Waals surface area contributed by atoms with E-state index in [9.17, 15) is 18.0 Å². The van der Waals surface area contributed by atoms with Crippen LogP contribution in [-0.4, -0.2) is 37.2 Å². The van der Waals surface area contributed by atoms with E-state index in [1.165, 1.54) is 30.8 Å². The first kappa shape index (κ1) is 20.3. The zero-order chi connectivity index (χ0) is 21.3. The van der Waals surface area contributed by atoms with Crippen LogP contribution in [0.3, 0.4) is 0 Å². The molecular weight excluding hydrogens is 402 g/mol. The minimum atomic E-state index is -3.86. The highest BCUT2D eigenvalue weighted by molar-refractivity contribution is 7.89. The molecule has 8 heteroatoms. The van der Waals surface area contributed by atoms with Crippen LogP contribution in [0.15, 0.2) is 58.2 Å². The van der Waals surface area contributed by atoms with E-state index in [4.69, 9.17) is 0 Å². The molecule has 0 saturated heterocycles. The van der Waals surface area contributed by atoms with Gasteiger partial charge < -0.3 is 10.3 Å². The normalized spacial score (nSPS) is 13.9. The predicted molar refractivity (Wildman–Crippen MR) is 116 cm³/mol. The quantitative estimate of drug-likeness (QED) is 0.656. The fraction of sp³-hybridized carbons (Fsp3) is 0.273. The molecule has 1 heterocycles. The number of anilines is 1. The average molecular weight is 426 g/mol. The van der Waals surface area contributed by atoms with Crippen molar-refractivity contribution in [2.75, 3.05) is 18.9 Å². The van der Waals surface area contributed by atoms with Crippen molar-refractivity contribution in [1.82, 2.24) is 9.29 Å². The maximum Gasteiger partial charge on any atom is 0.248 e. The highest BCUT2D eigenvalue weighted by Crippen LogP contribution is 2.28. The summed E-state index contributed by atoms with van der Waals surface area (Å²) in [6.07, 6.45) is 4.14. The van der Waals surface area contributed by atoms with E-state index in [-0.39, 0.29) is 22.9 Å². The molecule has 2 N–H and O–H groups in total. The molecule has 0 atom stereocenters. The molecule has 156 valence electrons. The largest absolute Gasteiger partial charge is 0.325 e. The van der Waals surface area contributed by atoms with E-state index in [1.54, 1.807) is 12.1 Å². The Hall–Kier alpha value is -2.97. The van der Waals surface area contributed by atoms with Crippen molar-refractivity contribution in [2.45, 2.75) is 30.6 Å². The van der Waals surface area contributed by atoms with Gasteiger partial charge in [0, 0.05) is 24.3 Å². The Balaban J connectivity index is 1.51. The molecule has 30 heavy (non-hydrogen) atoms. The number of aromatic amines is 1. The summed E-state index contributed by atoms with van der Waals surface area (Å²) >= 11 is 0. The van der Waals surface area contributed by atoms with Crippen LogP contribution in [0.1, 0.15) is 24.0 Å². The lowest BCUT2D eigenvalue weighted by molar-refractivity contribution is -0.116. The lowest BCUT2D eigenvalue weighted by Gasteiger charge is -2.21. The summed E-state index contributed by atoms with van der Waals surface area (Å²) < 4.78 is 26.9. The summed E-state index contributed by atoms with van der Waals surface area (Å²) in [7, 11) is -2.48. The Kier molecular flexibility index (Phi) is 5.44. The number of pyridine rings is 1. The fourth-order valence-corrected chi connectivity index (χ4v) is 5.01. The lowest BCUT2D eigenvalue weighted by Crippen LogP contribution is -2.35. The lowest BCUT2D eigenvalue weighted by atomic mass is 9.90. The van der Waals surface area contributed by atoms with Crippen molar-refractivity contribution in [3.8, 4) is 0 Å². The number of nitrogens with zero attached hydrogens (tertiary/aromatic N) is 1. The van der Waals surface area contributed by atoms with E-state index in [0.717, 1.165) is 41.2 Å². The molecule has 4 rings (SSSR count). The summed E-state index contributed by atoms with van der Waals surface area (Å²) in [5.74, 6) is -0.384. The minimum Gasteiger partial charge on any atom is -0.325 e. The standard InChI is InChI=1S/C22H23N3O4S/c1-25(14-22(27)24-20-8-4-6-15-5-2-3-7-18(15)20)30(28,29)17-10-11-19-16(13-17)9-12-21(26)23-19/h4,6,8-13H,2-3,5,7,14H2,1H3,(H,23,26)(H,24,27). The van der Waals surface area contributed by atoms with Gasteiger partial charge in [0.2, 0.25) is 21.5 Å². The second kappa shape index (κ2) is 8.04. The molecule has 0 bridgehead atoms. The number of carbonyl (C=O) groups is 1. The Morgan fingerprint density at radius 2 is 1.90 bits per heavy atom. The van der Waals surface area contributed by atoms with E-state index in [2.05, 4.69) is 16.4 Å². The molecule has 1 aromatic heterocycles. The van der Waals surface area contributed by atoms with Crippen molar-refractivity contribution < 1.29 is 13.2 Å². The first-order valence-corrected chi connectivity index (χ1v) is 11.3. The maximum atomic E-state index is 12.9. The highest BCUT2D eigenvalue weighted by Gasteiger charge is 2.24. The smallest absolute Gasteiger partial charge is 0.248 e. The van der Waals surface area contributed by atoms with Gasteiger partial charge in [-0.3, -0.25) is 9.59 Å². The summed E-state index contributed by atoms with van der Waals surface area (Å²) in [6, 6.07) is 13.2. The van der Waals surface area contributed by atoms with Gasteiger partial charge in [0.05, 0.1) is 11.4 Å². The van der Waals surface area contributed by atoms with Crippen LogP contribution in [0.25, 0.3) is 10.9 Å². The molecule has 2 aromatic carbocycles. The molecule has 0 unspecified atom stereocenters. The number of likely N-dealkylation sites (N-methyl/N-ethyl adjacent to an activating group) is 1. The third-order valence-electron chi connectivity index (χ3n) is 5.44. The number of fused-ring (bicyclic) bond motifs is 2. The molecule has 7 nitrogen and oxygen atoms in total. The van der Waals surface area contributed by atoms with Gasteiger partial charge in [0.1, 0.15) is 0 Å². The topological polar surface area (TPSA) is 99.3 Å². The van der Waals surface area contributed by atoms with Gasteiger partial charge in [-0.25, -0.2) is 8.42 Å². The molecule has 0 saturated carbocycles. The molecule has 1 amide bonds. The number of nitrogens with one attached hydrogen (secondary N) is 2. The van der Waals surface area contributed by atoms with Crippen molar-refractivity contribution in [3.05, 3.63) is 70.0 Å². The SMILES string of the molecule is CN(CC(=O)Nc1cccc2c1CCCC2)S(=O)(=O)c1ccc2[nH]c(=O)ccc2c1. The number of benzene rings is 2. The molecule has 1 aliphatic carbocycles. The Bertz CT molecular complexity index is 1280. The van der Waals surface area contributed by atoms with Gasteiger partial charge >= 0.3 is 0 Å². The molecule has 1 aliphatic rings. The first-order chi connectivity index (χ1) is 14.3. The second-order valence-electron chi connectivity index (χ2n) is 7.53. The molecule has 0 radical (unpaired) electrons. The van der Waals surface area contributed by atoms with E-state index in [0.29, 0.717) is 10.9 Å². The fourth-order valence-electron chi connectivity index (χ4n) is 3.85. The van der Waals surface area contributed by atoms with Gasteiger partial charge in [-0.05, 0) is 72.5 Å². The number of H-pyrrole nitrogens is 1. The van der Waals surface area contributed by atoms with Crippen molar-refractivity contribution in [3.63, 3.8) is 0 Å². The van der Waals surface area contributed by atoms with Gasteiger partial charge in [0.25, 0.3) is 0 Å². The Morgan fingerprint density at radius 3 is 2.73 bits per heavy atom. The van der Waals surface area contributed by atoms with E-state index >= 15 is 0 Å². The summed E-state index contributed by atoms with van der Waals surface area (Å²) in [5.41, 5.74) is 3.45. The number of carbonyl (C=O) groups excluding carboxylic acids is 1. The summed E-state index contributed by atoms with van der Waals surface area (Å²) in [5, 5.41) is 3.48. The van der Waals surface area contributed by atoms with Gasteiger partial charge in [0.15, 0.2) is 0 Å². The van der Waals surface area contributed by atoms with Crippen LogP contribution in [0, 0.1) is 0 Å². The number of aryl methyl sites for hydroxylation is 1. The molecular formula is C22H23N3O4S. The van der Waals surface area contributed by atoms with Crippen LogP contribution < -0.4 is 10.9 Å². The molecule has 0 aliphatic heterocycles. The van der Waals surface area contributed by atoms with Crippen LogP contribution in [-0.2, 0) is 27.7 Å². The number of amides is 1. The number of aromatic nitrogens is 1. The highest BCUT2D eigenvalue weighted by atomic mass is 32.2. The second-order valence-corrected chi connectivity index (χ2v) is 9.58. The summed E-state index contributed by atoms with van der Waals surface area (Å²) in [4.78, 5) is 26.7. The van der Waals surface area contributed by atoms with Crippen molar-refractivity contribution >= 4 is 32.5 Å². The van der Waals surface area contributed by atoms with Crippen LogP contribution in [0.2, 0.25) is 0 Å². The average Bonchev–Trinajstić information content (AvgIpc) is 2.73. The monoisotopic (exact) mass is 425 g/mol. The zero-order valence-electron chi connectivity index (χ0n) is 16.6. The van der Waals surface area contributed by atoms with Crippen molar-refractivity contribution in [1.29, 1.82) is 0 Å². The molecule has 0 fully saturated rings. The number of hydrogen-bond donors (Lipinski definition) is 2. The minimum absolute atomic E-state index is 0.0643. The molecule has 3 aromatic rings. The van der Waals surface area contributed by atoms with Gasteiger partial charge in [-0.15, -0.1) is 0 Å². The zero-order valence-corrected chi connectivity index (χ0v) is 17.5. The maximum absolute atomic E-state index is 12.9. The summed E-state index contributed by atoms with van der Waals surface area (Å²) in [6.45, 7) is -0.296. The number of sulfonamides is 1. The van der Waals surface area contributed by atoms with E-state index < -0.39 is 10.0 Å².